The summed E-state index contributed by atoms with van der Waals surface area (Å²) >= 11 is 7.40. The predicted molar refractivity (Wildman–Crippen MR) is 101 cm³/mol. The summed E-state index contributed by atoms with van der Waals surface area (Å²) in [5, 5.41) is 3.56. The lowest BCUT2D eigenvalue weighted by Crippen LogP contribution is -2.33. The lowest BCUT2D eigenvalue weighted by molar-refractivity contribution is -0.120. The van der Waals surface area contributed by atoms with Gasteiger partial charge in [0.25, 0.3) is 0 Å². The summed E-state index contributed by atoms with van der Waals surface area (Å²) in [5.41, 5.74) is 1.05. The Hall–Kier alpha value is -1.65. The van der Waals surface area contributed by atoms with Crippen LogP contribution < -0.4 is 10.1 Å². The number of nitrogens with one attached hydrogen (secondary N) is 1. The van der Waals surface area contributed by atoms with Crippen LogP contribution in [-0.4, -0.2) is 17.8 Å². The normalized spacial score (nSPS) is 13.2. The van der Waals surface area contributed by atoms with E-state index in [1.54, 1.807) is 0 Å². The van der Waals surface area contributed by atoms with Crippen molar-refractivity contribution in [3.63, 3.8) is 0 Å². The highest BCUT2D eigenvalue weighted by molar-refractivity contribution is 8.00. The summed E-state index contributed by atoms with van der Waals surface area (Å²) in [6, 6.07) is 15.3. The molecule has 0 saturated carbocycles. The first-order chi connectivity index (χ1) is 11.5. The van der Waals surface area contributed by atoms with Gasteiger partial charge in [-0.05, 0) is 62.7 Å². The van der Waals surface area contributed by atoms with E-state index in [0.29, 0.717) is 11.6 Å². The van der Waals surface area contributed by atoms with E-state index in [-0.39, 0.29) is 17.2 Å². The molecule has 0 fully saturated rings. The molecule has 0 saturated heterocycles. The number of hydrogen-bond donors (Lipinski definition) is 1. The zero-order chi connectivity index (χ0) is 17.5. The van der Waals surface area contributed by atoms with Crippen LogP contribution in [0, 0.1) is 0 Å². The maximum atomic E-state index is 12.4. The van der Waals surface area contributed by atoms with Gasteiger partial charge in [0.05, 0.1) is 17.9 Å². The number of halogens is 1. The lowest BCUT2D eigenvalue weighted by atomic mass is 10.1. The van der Waals surface area contributed by atoms with Crippen molar-refractivity contribution >= 4 is 29.3 Å². The molecule has 0 spiro atoms. The molecule has 0 radical (unpaired) electrons. The average molecular weight is 364 g/mol. The highest BCUT2D eigenvalue weighted by Crippen LogP contribution is 2.25. The Balaban J connectivity index is 1.91. The first-order valence-corrected chi connectivity index (χ1v) is 9.20. The minimum absolute atomic E-state index is 0.0105. The van der Waals surface area contributed by atoms with Crippen molar-refractivity contribution in [1.82, 2.24) is 5.32 Å². The fraction of sp³-hybridized carbons (Fsp3) is 0.316. The van der Waals surface area contributed by atoms with E-state index in [9.17, 15) is 4.79 Å². The van der Waals surface area contributed by atoms with E-state index in [1.165, 1.54) is 11.8 Å². The molecule has 0 aliphatic carbocycles. The second kappa shape index (κ2) is 9.00. The molecule has 2 rings (SSSR count). The molecule has 2 aromatic rings. The molecular weight excluding hydrogens is 342 g/mol. The van der Waals surface area contributed by atoms with Crippen molar-refractivity contribution in [3.05, 3.63) is 59.1 Å². The summed E-state index contributed by atoms with van der Waals surface area (Å²) in [6.45, 7) is 6.48. The highest BCUT2D eigenvalue weighted by atomic mass is 35.5. The van der Waals surface area contributed by atoms with E-state index in [0.717, 1.165) is 16.2 Å². The first-order valence-electron chi connectivity index (χ1n) is 7.95. The maximum Gasteiger partial charge on any atom is 0.233 e. The Morgan fingerprint density at radius 1 is 1.12 bits per heavy atom. The Bertz CT molecular complexity index is 658. The van der Waals surface area contributed by atoms with Gasteiger partial charge in [-0.1, -0.05) is 23.7 Å². The maximum absolute atomic E-state index is 12.4. The number of thioether (sulfide) groups is 1. The van der Waals surface area contributed by atoms with Crippen LogP contribution >= 0.6 is 23.4 Å². The van der Waals surface area contributed by atoms with E-state index >= 15 is 0 Å². The topological polar surface area (TPSA) is 38.3 Å². The fourth-order valence-corrected chi connectivity index (χ4v) is 3.21. The van der Waals surface area contributed by atoms with Crippen LogP contribution in [0.3, 0.4) is 0 Å². The predicted octanol–water partition coefficient (Wildman–Crippen LogP) is 5.10. The number of rotatable bonds is 7. The molecule has 0 aliphatic heterocycles. The SMILES string of the molecule is CCOc1ccc(C(C)NC(=O)C(C)Sc2ccc(Cl)cc2)cc1. The third-order valence-corrected chi connectivity index (χ3v) is 4.91. The summed E-state index contributed by atoms with van der Waals surface area (Å²) in [7, 11) is 0. The molecule has 0 aromatic heterocycles. The molecule has 2 atom stereocenters. The van der Waals surface area contributed by atoms with Crippen LogP contribution in [0.25, 0.3) is 0 Å². The van der Waals surface area contributed by atoms with Crippen molar-refractivity contribution in [1.29, 1.82) is 0 Å². The molecule has 3 nitrogen and oxygen atoms in total. The highest BCUT2D eigenvalue weighted by Gasteiger charge is 2.17. The second-order valence-electron chi connectivity index (χ2n) is 5.45. The van der Waals surface area contributed by atoms with E-state index in [2.05, 4.69) is 5.32 Å². The van der Waals surface area contributed by atoms with Crippen molar-refractivity contribution < 1.29 is 9.53 Å². The minimum atomic E-state index is -0.184. The molecule has 1 amide bonds. The fourth-order valence-electron chi connectivity index (χ4n) is 2.20. The number of benzene rings is 2. The molecule has 1 N–H and O–H groups in total. The van der Waals surface area contributed by atoms with Gasteiger partial charge in [0, 0.05) is 9.92 Å². The monoisotopic (exact) mass is 363 g/mol. The summed E-state index contributed by atoms with van der Waals surface area (Å²) in [6.07, 6.45) is 0. The van der Waals surface area contributed by atoms with Gasteiger partial charge in [-0.3, -0.25) is 4.79 Å². The Kier molecular flexibility index (Phi) is 7.00. The molecule has 0 aliphatic rings. The third kappa shape index (κ3) is 5.46. The van der Waals surface area contributed by atoms with Gasteiger partial charge in [0.15, 0.2) is 0 Å². The van der Waals surface area contributed by atoms with Crippen LogP contribution in [0.1, 0.15) is 32.4 Å². The van der Waals surface area contributed by atoms with E-state index < -0.39 is 0 Å². The Morgan fingerprint density at radius 3 is 2.33 bits per heavy atom. The zero-order valence-corrected chi connectivity index (χ0v) is 15.7. The summed E-state index contributed by atoms with van der Waals surface area (Å²) in [5.74, 6) is 0.850. The number of hydrogen-bond acceptors (Lipinski definition) is 3. The quantitative estimate of drug-likeness (QED) is 0.696. The van der Waals surface area contributed by atoms with E-state index in [4.69, 9.17) is 16.3 Å². The van der Waals surface area contributed by atoms with Crippen LogP contribution in [-0.2, 0) is 4.79 Å². The van der Waals surface area contributed by atoms with Gasteiger partial charge < -0.3 is 10.1 Å². The minimum Gasteiger partial charge on any atom is -0.494 e. The van der Waals surface area contributed by atoms with Gasteiger partial charge in [0.2, 0.25) is 5.91 Å². The smallest absolute Gasteiger partial charge is 0.233 e. The summed E-state index contributed by atoms with van der Waals surface area (Å²) < 4.78 is 5.43. The molecule has 128 valence electrons. The standard InChI is InChI=1S/C19H22ClNO2S/c1-4-23-17-9-5-15(6-10-17)13(2)21-19(22)14(3)24-18-11-7-16(20)8-12-18/h5-14H,4H2,1-3H3,(H,21,22). The van der Waals surface area contributed by atoms with E-state index in [1.807, 2.05) is 69.3 Å². The van der Waals surface area contributed by atoms with Crippen LogP contribution in [0.15, 0.2) is 53.4 Å². The molecule has 2 unspecified atom stereocenters. The van der Waals surface area contributed by atoms with Crippen LogP contribution in [0.2, 0.25) is 5.02 Å². The Labute approximate surface area is 152 Å². The van der Waals surface area contributed by atoms with Crippen molar-refractivity contribution in [2.75, 3.05) is 6.61 Å². The van der Waals surface area contributed by atoms with Crippen LogP contribution in [0.5, 0.6) is 5.75 Å². The van der Waals surface area contributed by atoms with Gasteiger partial charge in [-0.15, -0.1) is 11.8 Å². The Morgan fingerprint density at radius 2 is 1.75 bits per heavy atom. The van der Waals surface area contributed by atoms with Crippen molar-refractivity contribution in [2.24, 2.45) is 0 Å². The van der Waals surface area contributed by atoms with Crippen LogP contribution in [0.4, 0.5) is 0 Å². The molecule has 2 aromatic carbocycles. The van der Waals surface area contributed by atoms with Crippen molar-refractivity contribution in [2.45, 2.75) is 37.0 Å². The van der Waals surface area contributed by atoms with Crippen molar-refractivity contribution in [3.8, 4) is 5.75 Å². The summed E-state index contributed by atoms with van der Waals surface area (Å²) in [4.78, 5) is 13.4. The largest absolute Gasteiger partial charge is 0.494 e. The molecule has 0 heterocycles. The number of amides is 1. The van der Waals surface area contributed by atoms with Gasteiger partial charge in [0.1, 0.15) is 5.75 Å². The molecule has 5 heteroatoms. The average Bonchev–Trinajstić information content (AvgIpc) is 2.57. The zero-order valence-electron chi connectivity index (χ0n) is 14.1. The number of carbonyl (C=O) groups is 1. The first kappa shape index (κ1) is 18.7. The number of ether oxygens (including phenoxy) is 1. The molecular formula is C19H22ClNO2S. The number of carbonyl (C=O) groups excluding carboxylic acids is 1. The lowest BCUT2D eigenvalue weighted by Gasteiger charge is -2.18. The third-order valence-electron chi connectivity index (χ3n) is 3.55. The van der Waals surface area contributed by atoms with Gasteiger partial charge >= 0.3 is 0 Å². The molecule has 0 bridgehead atoms. The second-order valence-corrected chi connectivity index (χ2v) is 7.30. The van der Waals surface area contributed by atoms with Gasteiger partial charge in [-0.25, -0.2) is 0 Å². The molecule has 24 heavy (non-hydrogen) atoms. The van der Waals surface area contributed by atoms with Gasteiger partial charge in [-0.2, -0.15) is 0 Å².